The molecule has 3 nitrogen and oxygen atoms in total. The van der Waals surface area contributed by atoms with Crippen LogP contribution < -0.4 is 5.32 Å². The van der Waals surface area contributed by atoms with Crippen LogP contribution in [-0.2, 0) is 0 Å². The topological polar surface area (TPSA) is 29.9 Å². The van der Waals surface area contributed by atoms with E-state index < -0.39 is 0 Å². The van der Waals surface area contributed by atoms with E-state index >= 15 is 0 Å². The molecule has 3 heteroatoms. The van der Waals surface area contributed by atoms with E-state index in [4.69, 9.17) is 0 Å². The van der Waals surface area contributed by atoms with Gasteiger partial charge in [-0.15, -0.1) is 0 Å². The Bertz CT molecular complexity index is 481. The third-order valence-electron chi connectivity index (χ3n) is 2.62. The van der Waals surface area contributed by atoms with Gasteiger partial charge in [0.2, 0.25) is 0 Å². The summed E-state index contributed by atoms with van der Waals surface area (Å²) in [5.74, 6) is 0. The molecule has 0 saturated carbocycles. The van der Waals surface area contributed by atoms with Gasteiger partial charge in [0, 0.05) is 25.0 Å². The van der Waals surface area contributed by atoms with Crippen LogP contribution in [0.5, 0.6) is 0 Å². The lowest BCUT2D eigenvalue weighted by Gasteiger charge is -2.04. The van der Waals surface area contributed by atoms with E-state index in [0.29, 0.717) is 6.04 Å². The van der Waals surface area contributed by atoms with Gasteiger partial charge in [0.05, 0.1) is 5.69 Å². The average Bonchev–Trinajstić information content (AvgIpc) is 2.89. The molecule has 18 heavy (non-hydrogen) atoms. The van der Waals surface area contributed by atoms with E-state index in [0.717, 1.165) is 12.2 Å². The average molecular weight is 241 g/mol. The predicted octanol–water partition coefficient (Wildman–Crippen LogP) is 2.88. The van der Waals surface area contributed by atoms with E-state index in [9.17, 15) is 0 Å². The minimum absolute atomic E-state index is 0.525. The molecule has 0 bridgehead atoms. The van der Waals surface area contributed by atoms with Crippen molar-refractivity contribution in [1.82, 2.24) is 15.1 Å². The van der Waals surface area contributed by atoms with Gasteiger partial charge in [0.15, 0.2) is 0 Å². The van der Waals surface area contributed by atoms with E-state index in [2.05, 4.69) is 60.7 Å². The van der Waals surface area contributed by atoms with Crippen molar-refractivity contribution >= 4 is 6.08 Å². The third kappa shape index (κ3) is 3.57. The fraction of sp³-hybridized carbons (Fsp3) is 0.267. The molecule has 1 aromatic carbocycles. The highest BCUT2D eigenvalue weighted by Gasteiger charge is 1.94. The second kappa shape index (κ2) is 6.17. The summed E-state index contributed by atoms with van der Waals surface area (Å²) in [6, 6.07) is 10.8. The molecule has 0 spiro atoms. The van der Waals surface area contributed by atoms with Crippen molar-refractivity contribution in [2.45, 2.75) is 19.9 Å². The molecule has 2 rings (SSSR count). The zero-order valence-corrected chi connectivity index (χ0v) is 10.9. The summed E-state index contributed by atoms with van der Waals surface area (Å²) in [6.45, 7) is 5.19. The van der Waals surface area contributed by atoms with Crippen molar-refractivity contribution in [3.05, 3.63) is 54.4 Å². The number of hydrogen-bond donors (Lipinski definition) is 1. The Morgan fingerprint density at radius 2 is 2.06 bits per heavy atom. The molecule has 1 heterocycles. The molecule has 1 aromatic heterocycles. The largest absolute Gasteiger partial charge is 0.311 e. The number of benzene rings is 1. The molecule has 0 saturated heterocycles. The summed E-state index contributed by atoms with van der Waals surface area (Å²) in [5.41, 5.74) is 2.29. The summed E-state index contributed by atoms with van der Waals surface area (Å²) in [7, 11) is 0. The Morgan fingerprint density at radius 1 is 1.28 bits per heavy atom. The van der Waals surface area contributed by atoms with Gasteiger partial charge in [-0.1, -0.05) is 38.1 Å². The van der Waals surface area contributed by atoms with Gasteiger partial charge in [-0.2, -0.15) is 5.10 Å². The van der Waals surface area contributed by atoms with Crippen molar-refractivity contribution in [3.8, 4) is 5.69 Å². The molecule has 0 radical (unpaired) electrons. The van der Waals surface area contributed by atoms with Crippen LogP contribution in [-0.4, -0.2) is 22.4 Å². The maximum absolute atomic E-state index is 4.20. The lowest BCUT2D eigenvalue weighted by molar-refractivity contribution is 0.633. The van der Waals surface area contributed by atoms with Crippen LogP contribution >= 0.6 is 0 Å². The van der Waals surface area contributed by atoms with Crippen LogP contribution in [0.3, 0.4) is 0 Å². The first kappa shape index (κ1) is 12.6. The Balaban J connectivity index is 1.96. The van der Waals surface area contributed by atoms with Crippen LogP contribution in [0, 0.1) is 0 Å². The highest BCUT2D eigenvalue weighted by atomic mass is 15.3. The third-order valence-corrected chi connectivity index (χ3v) is 2.62. The maximum Gasteiger partial charge on any atom is 0.0645 e. The molecule has 1 N–H and O–H groups in total. The summed E-state index contributed by atoms with van der Waals surface area (Å²) in [6.07, 6.45) is 7.99. The number of nitrogens with zero attached hydrogens (tertiary/aromatic N) is 2. The summed E-state index contributed by atoms with van der Waals surface area (Å²) >= 11 is 0. The van der Waals surface area contributed by atoms with Gasteiger partial charge in [0.25, 0.3) is 0 Å². The molecule has 94 valence electrons. The first-order valence-electron chi connectivity index (χ1n) is 6.26. The second-order valence-corrected chi connectivity index (χ2v) is 4.51. The van der Waals surface area contributed by atoms with Gasteiger partial charge < -0.3 is 5.32 Å². The smallest absolute Gasteiger partial charge is 0.0645 e. The highest BCUT2D eigenvalue weighted by molar-refractivity contribution is 5.51. The van der Waals surface area contributed by atoms with E-state index in [1.165, 1.54) is 5.56 Å². The Hall–Kier alpha value is -1.87. The van der Waals surface area contributed by atoms with Gasteiger partial charge >= 0.3 is 0 Å². The Kier molecular flexibility index (Phi) is 4.31. The lowest BCUT2D eigenvalue weighted by Crippen LogP contribution is -2.22. The van der Waals surface area contributed by atoms with Gasteiger partial charge in [-0.3, -0.25) is 0 Å². The SMILES string of the molecule is CC(C)NCC=Cc1ccc(-n2cccn2)cc1. The first-order chi connectivity index (χ1) is 8.75. The number of nitrogens with one attached hydrogen (secondary N) is 1. The molecule has 0 aliphatic heterocycles. The molecule has 0 aliphatic rings. The maximum atomic E-state index is 4.20. The zero-order valence-electron chi connectivity index (χ0n) is 10.9. The Labute approximate surface area is 108 Å². The molecule has 0 fully saturated rings. The van der Waals surface area contributed by atoms with Crippen LogP contribution in [0.2, 0.25) is 0 Å². The minimum Gasteiger partial charge on any atom is -0.311 e. The summed E-state index contributed by atoms with van der Waals surface area (Å²) < 4.78 is 1.85. The number of aromatic nitrogens is 2. The quantitative estimate of drug-likeness (QED) is 0.872. The van der Waals surface area contributed by atoms with Gasteiger partial charge in [-0.05, 0) is 23.8 Å². The van der Waals surface area contributed by atoms with Gasteiger partial charge in [0.1, 0.15) is 0 Å². The Morgan fingerprint density at radius 3 is 2.67 bits per heavy atom. The second-order valence-electron chi connectivity index (χ2n) is 4.51. The molecule has 0 amide bonds. The van der Waals surface area contributed by atoms with Crippen LogP contribution in [0.1, 0.15) is 19.4 Å². The van der Waals surface area contributed by atoms with E-state index in [1.54, 1.807) is 6.20 Å². The van der Waals surface area contributed by atoms with Crippen molar-refractivity contribution in [2.24, 2.45) is 0 Å². The summed E-state index contributed by atoms with van der Waals surface area (Å²) in [5, 5.41) is 7.55. The highest BCUT2D eigenvalue weighted by Crippen LogP contribution is 2.09. The van der Waals surface area contributed by atoms with Crippen molar-refractivity contribution in [2.75, 3.05) is 6.54 Å². The van der Waals surface area contributed by atoms with Crippen molar-refractivity contribution in [1.29, 1.82) is 0 Å². The van der Waals surface area contributed by atoms with Crippen molar-refractivity contribution < 1.29 is 0 Å². The number of rotatable bonds is 5. The fourth-order valence-corrected chi connectivity index (χ4v) is 1.66. The van der Waals surface area contributed by atoms with Crippen molar-refractivity contribution in [3.63, 3.8) is 0 Å². The molecular formula is C15H19N3. The van der Waals surface area contributed by atoms with E-state index in [-0.39, 0.29) is 0 Å². The number of hydrogen-bond acceptors (Lipinski definition) is 2. The lowest BCUT2D eigenvalue weighted by atomic mass is 10.2. The molecule has 2 aromatic rings. The molecular weight excluding hydrogens is 222 g/mol. The standard InChI is InChI=1S/C15H19N3/c1-13(2)16-10-3-5-14-6-8-15(9-7-14)18-12-4-11-17-18/h3-9,11-13,16H,10H2,1-2H3. The predicted molar refractivity (Wildman–Crippen MR) is 75.7 cm³/mol. The molecule has 0 atom stereocenters. The summed E-state index contributed by atoms with van der Waals surface area (Å²) in [4.78, 5) is 0. The molecule has 0 unspecified atom stereocenters. The normalized spacial score (nSPS) is 11.5. The molecule has 0 aliphatic carbocycles. The first-order valence-corrected chi connectivity index (χ1v) is 6.26. The fourth-order valence-electron chi connectivity index (χ4n) is 1.66. The van der Waals surface area contributed by atoms with E-state index in [1.807, 2.05) is 16.9 Å². The minimum atomic E-state index is 0.525. The zero-order chi connectivity index (χ0) is 12.8. The van der Waals surface area contributed by atoms with Crippen LogP contribution in [0.15, 0.2) is 48.8 Å². The monoisotopic (exact) mass is 241 g/mol. The van der Waals surface area contributed by atoms with Crippen LogP contribution in [0.25, 0.3) is 11.8 Å². The van der Waals surface area contributed by atoms with Crippen LogP contribution in [0.4, 0.5) is 0 Å². The van der Waals surface area contributed by atoms with Gasteiger partial charge in [-0.25, -0.2) is 4.68 Å².